The number of aromatic nitrogens is 1. The largest absolute Gasteiger partial charge is 0.344 e. The van der Waals surface area contributed by atoms with Gasteiger partial charge in [0.2, 0.25) is 0 Å². The van der Waals surface area contributed by atoms with Gasteiger partial charge in [-0.25, -0.2) is 0 Å². The molecule has 0 N–H and O–H groups in total. The van der Waals surface area contributed by atoms with Crippen molar-refractivity contribution in [2.75, 3.05) is 56.4 Å². The zero-order chi connectivity index (χ0) is 38.3. The Bertz CT molecular complexity index is 1680. The molecular weight excluding hydrogens is 611 g/mol. The third kappa shape index (κ3) is 9.85. The van der Waals surface area contributed by atoms with Crippen LogP contribution in [0, 0.1) is 0 Å². The third-order valence-electron chi connectivity index (χ3n) is 8.75. The van der Waals surface area contributed by atoms with Crippen LogP contribution >= 0.6 is 0 Å². The van der Waals surface area contributed by atoms with Crippen LogP contribution in [-0.4, -0.2) is 80.5 Å². The minimum absolute atomic E-state index is 0.286. The summed E-state index contributed by atoms with van der Waals surface area (Å²) in [6, 6.07) is 31.2. The summed E-state index contributed by atoms with van der Waals surface area (Å²) in [7, 11) is 19.2. The van der Waals surface area contributed by atoms with E-state index >= 15 is 0 Å². The van der Waals surface area contributed by atoms with Crippen molar-refractivity contribution in [1.82, 2.24) is 24.2 Å². The van der Waals surface area contributed by atoms with Crippen LogP contribution in [0.2, 0.25) is 0 Å². The van der Waals surface area contributed by atoms with E-state index in [9.17, 15) is 0 Å². The van der Waals surface area contributed by atoms with Gasteiger partial charge < -0.3 is 4.57 Å². The van der Waals surface area contributed by atoms with Crippen molar-refractivity contribution < 1.29 is 0 Å². The second-order valence-electron chi connectivity index (χ2n) is 12.6. The topological polar surface area (TPSA) is 17.9 Å². The Kier molecular flexibility index (Phi) is 19.3. The molecule has 0 bridgehead atoms. The lowest BCUT2D eigenvalue weighted by molar-refractivity contribution is 0.131. The van der Waals surface area contributed by atoms with Crippen molar-refractivity contribution in [3.05, 3.63) is 107 Å². The lowest BCUT2D eigenvalue weighted by atomic mass is 9.96. The summed E-state index contributed by atoms with van der Waals surface area (Å²) in [5, 5.41) is 2.66. The minimum Gasteiger partial charge on any atom is -0.344 e. The molecule has 1 atom stereocenters. The number of fused-ring (bicyclic) bond motifs is 6. The number of benzene rings is 4. The summed E-state index contributed by atoms with van der Waals surface area (Å²) in [6.45, 7) is 18.3. The van der Waals surface area contributed by atoms with Gasteiger partial charge in [-0.3, -0.25) is 19.6 Å². The molecule has 1 aliphatic rings. The number of hydrogen-bond donors (Lipinski definition) is 0. The highest BCUT2D eigenvalue weighted by Gasteiger charge is 2.27. The molecule has 0 radical (unpaired) electrons. The molecule has 0 spiro atoms. The number of hydrogen-bond acceptors (Lipinski definition) is 4. The molecule has 5 nitrogen and oxygen atoms in total. The van der Waals surface area contributed by atoms with Crippen molar-refractivity contribution in [2.45, 2.75) is 80.6 Å². The summed E-state index contributed by atoms with van der Waals surface area (Å²) >= 11 is 0. The SMILES string of the molecule is CC.CC.CC.CC.CC1c2ccccc2-c2ccc(C(N(C)C)N(C)C)cc21.CN(C)C(c1ccc2c(c1)c1ccccc1n2C)N(C)C. The van der Waals surface area contributed by atoms with E-state index in [4.69, 9.17) is 0 Å². The van der Waals surface area contributed by atoms with Crippen molar-refractivity contribution in [2.24, 2.45) is 7.05 Å². The Hall–Kier alpha value is -3.48. The van der Waals surface area contributed by atoms with Crippen LogP contribution in [0.5, 0.6) is 0 Å². The van der Waals surface area contributed by atoms with Gasteiger partial charge in [0.15, 0.2) is 0 Å². The third-order valence-corrected chi connectivity index (χ3v) is 8.75. The molecule has 0 amide bonds. The van der Waals surface area contributed by atoms with Crippen LogP contribution < -0.4 is 0 Å². The van der Waals surface area contributed by atoms with E-state index in [1.54, 1.807) is 0 Å². The first-order valence-electron chi connectivity index (χ1n) is 18.9. The van der Waals surface area contributed by atoms with Gasteiger partial charge >= 0.3 is 0 Å². The highest BCUT2D eigenvalue weighted by molar-refractivity contribution is 6.08. The fourth-order valence-corrected chi connectivity index (χ4v) is 7.10. The van der Waals surface area contributed by atoms with E-state index < -0.39 is 0 Å². The molecule has 1 unspecified atom stereocenters. The average molecular weight is 682 g/mol. The van der Waals surface area contributed by atoms with E-state index in [-0.39, 0.29) is 6.17 Å². The smallest absolute Gasteiger partial charge is 0.0876 e. The number of rotatable bonds is 6. The van der Waals surface area contributed by atoms with E-state index in [1.807, 2.05) is 55.4 Å². The van der Waals surface area contributed by atoms with Crippen LogP contribution in [0.15, 0.2) is 84.9 Å². The number of aryl methyl sites for hydroxylation is 1. The summed E-state index contributed by atoms with van der Waals surface area (Å²) in [5.41, 5.74) is 11.0. The predicted molar refractivity (Wildman–Crippen MR) is 225 cm³/mol. The molecule has 0 aliphatic heterocycles. The Morgan fingerprint density at radius 3 is 1.42 bits per heavy atom. The van der Waals surface area contributed by atoms with Crippen molar-refractivity contribution in [1.29, 1.82) is 0 Å². The zero-order valence-electron chi connectivity index (χ0n) is 35.1. The molecule has 1 heterocycles. The molecule has 6 rings (SSSR count). The highest BCUT2D eigenvalue weighted by atomic mass is 15.3. The Morgan fingerprint density at radius 2 is 0.880 bits per heavy atom. The van der Waals surface area contributed by atoms with E-state index in [0.29, 0.717) is 12.1 Å². The molecule has 0 saturated carbocycles. The van der Waals surface area contributed by atoms with Crippen LogP contribution in [-0.2, 0) is 7.05 Å². The van der Waals surface area contributed by atoms with Gasteiger partial charge in [-0.05, 0) is 108 Å². The van der Waals surface area contributed by atoms with Crippen LogP contribution in [0.25, 0.3) is 32.9 Å². The van der Waals surface area contributed by atoms with Gasteiger partial charge in [-0.1, -0.05) is 129 Å². The Labute approximate surface area is 307 Å². The van der Waals surface area contributed by atoms with Gasteiger partial charge in [-0.2, -0.15) is 0 Å². The number of para-hydroxylation sites is 1. The summed E-state index contributed by atoms with van der Waals surface area (Å²) in [4.78, 5) is 9.00. The molecule has 276 valence electrons. The highest BCUT2D eigenvalue weighted by Crippen LogP contribution is 2.45. The maximum Gasteiger partial charge on any atom is 0.0876 e. The molecule has 0 fully saturated rings. The van der Waals surface area contributed by atoms with E-state index in [2.05, 4.69) is 179 Å². The van der Waals surface area contributed by atoms with Crippen LogP contribution in [0.4, 0.5) is 0 Å². The summed E-state index contributed by atoms with van der Waals surface area (Å²) < 4.78 is 2.27. The fraction of sp³-hybridized carbons (Fsp3) is 0.467. The van der Waals surface area contributed by atoms with Gasteiger partial charge in [0, 0.05) is 34.8 Å². The lowest BCUT2D eigenvalue weighted by Crippen LogP contribution is -2.32. The molecule has 1 aliphatic carbocycles. The Morgan fingerprint density at radius 1 is 0.460 bits per heavy atom. The van der Waals surface area contributed by atoms with Gasteiger partial charge in [-0.15, -0.1) is 0 Å². The fourth-order valence-electron chi connectivity index (χ4n) is 7.10. The zero-order valence-corrected chi connectivity index (χ0v) is 35.1. The quantitative estimate of drug-likeness (QED) is 0.166. The Balaban J connectivity index is 0.000000417. The van der Waals surface area contributed by atoms with E-state index in [1.165, 1.54) is 55.2 Å². The predicted octanol–water partition coefficient (Wildman–Crippen LogP) is 11.5. The second kappa shape index (κ2) is 21.7. The second-order valence-corrected chi connectivity index (χ2v) is 12.6. The summed E-state index contributed by atoms with van der Waals surface area (Å²) in [5.74, 6) is 0.487. The number of nitrogens with zero attached hydrogens (tertiary/aromatic N) is 5. The first kappa shape index (κ1) is 44.5. The van der Waals surface area contributed by atoms with Crippen molar-refractivity contribution in [3.63, 3.8) is 0 Å². The summed E-state index contributed by atoms with van der Waals surface area (Å²) in [6.07, 6.45) is 0.597. The molecular formula is C45H71N5. The molecule has 5 heteroatoms. The molecule has 4 aromatic carbocycles. The maximum absolute atomic E-state index is 2.39. The standard InChI is InChI=1S/C19H24N2.C18H23N3.4C2H6/c1-13-15-8-6-7-9-16(15)17-11-10-14(12-18(13)17)19(20(2)3)21(4)5;1-19(2)18(20(3)4)13-10-11-17-15(12-13)14-8-6-7-9-16(14)21(17)5;4*1-2/h6-13,19H,1-5H3;6-12,18H,1-5H3;4*1-2H3. The lowest BCUT2D eigenvalue weighted by Gasteiger charge is -2.31. The maximum atomic E-state index is 2.39. The first-order chi connectivity index (χ1) is 24.0. The van der Waals surface area contributed by atoms with Gasteiger partial charge in [0.05, 0.1) is 12.3 Å². The van der Waals surface area contributed by atoms with Crippen LogP contribution in [0.1, 0.15) is 103 Å². The molecule has 1 aromatic heterocycles. The molecule has 50 heavy (non-hydrogen) atoms. The van der Waals surface area contributed by atoms with E-state index in [0.717, 1.165) is 0 Å². The molecule has 0 saturated heterocycles. The first-order valence-corrected chi connectivity index (χ1v) is 18.9. The molecule has 5 aromatic rings. The monoisotopic (exact) mass is 682 g/mol. The normalized spacial score (nSPS) is 12.7. The van der Waals surface area contributed by atoms with Crippen molar-refractivity contribution in [3.8, 4) is 11.1 Å². The minimum atomic E-state index is 0.286. The van der Waals surface area contributed by atoms with Gasteiger partial charge in [0.1, 0.15) is 0 Å². The van der Waals surface area contributed by atoms with Crippen molar-refractivity contribution >= 4 is 21.8 Å². The average Bonchev–Trinajstić information content (AvgIpc) is 3.58. The van der Waals surface area contributed by atoms with Crippen LogP contribution in [0.3, 0.4) is 0 Å². The van der Waals surface area contributed by atoms with Gasteiger partial charge in [0.25, 0.3) is 0 Å².